The van der Waals surface area contributed by atoms with Crippen molar-refractivity contribution in [2.75, 3.05) is 5.75 Å². The van der Waals surface area contributed by atoms with E-state index in [9.17, 15) is 0 Å². The second kappa shape index (κ2) is 4.90. The Hall–Kier alpha value is -0.170. The Labute approximate surface area is 86.5 Å². The van der Waals surface area contributed by atoms with Gasteiger partial charge in [-0.1, -0.05) is 44.6 Å². The lowest BCUT2D eigenvalue weighted by molar-refractivity contribution is 0.797. The van der Waals surface area contributed by atoms with Crippen molar-refractivity contribution >= 4 is 11.8 Å². The van der Waals surface area contributed by atoms with E-state index in [2.05, 4.69) is 50.8 Å². The van der Waals surface area contributed by atoms with E-state index < -0.39 is 0 Å². The van der Waals surface area contributed by atoms with E-state index in [0.29, 0.717) is 4.75 Å². The Bertz CT molecular complexity index is 206. The van der Waals surface area contributed by atoms with Crippen molar-refractivity contribution in [2.45, 2.75) is 44.8 Å². The van der Waals surface area contributed by atoms with Gasteiger partial charge in [0, 0.05) is 4.75 Å². The summed E-state index contributed by atoms with van der Waals surface area (Å²) in [5.41, 5.74) is 1.54. The van der Waals surface area contributed by atoms with Gasteiger partial charge in [0.25, 0.3) is 0 Å². The third kappa shape index (κ3) is 5.20. The van der Waals surface area contributed by atoms with Crippen molar-refractivity contribution < 1.29 is 0 Å². The summed E-state index contributed by atoms with van der Waals surface area (Å²) in [6, 6.07) is 0. The fraction of sp³-hybridized carbons (Fsp3) is 0.667. The summed E-state index contributed by atoms with van der Waals surface area (Å²) >= 11 is 2.07. The first-order chi connectivity index (χ1) is 6.08. The minimum Gasteiger partial charge on any atom is -0.156 e. The first kappa shape index (κ1) is 10.9. The molecule has 1 heteroatoms. The molecule has 74 valence electrons. The van der Waals surface area contributed by atoms with Crippen molar-refractivity contribution in [3.05, 3.63) is 23.8 Å². The van der Waals surface area contributed by atoms with Gasteiger partial charge in [-0.3, -0.25) is 0 Å². The maximum atomic E-state index is 2.34. The SMILES string of the molecule is CC(C)(C)SCCCC1=CCC=C1. The molecule has 0 spiro atoms. The van der Waals surface area contributed by atoms with Gasteiger partial charge in [-0.25, -0.2) is 0 Å². The monoisotopic (exact) mass is 196 g/mol. The van der Waals surface area contributed by atoms with Crippen LogP contribution in [0.3, 0.4) is 0 Å². The van der Waals surface area contributed by atoms with E-state index in [1.165, 1.54) is 24.2 Å². The van der Waals surface area contributed by atoms with Crippen LogP contribution in [-0.2, 0) is 0 Å². The van der Waals surface area contributed by atoms with Crippen molar-refractivity contribution in [1.29, 1.82) is 0 Å². The summed E-state index contributed by atoms with van der Waals surface area (Å²) < 4.78 is 0.430. The minimum absolute atomic E-state index is 0.430. The lowest BCUT2D eigenvalue weighted by atomic mass is 10.2. The van der Waals surface area contributed by atoms with Gasteiger partial charge < -0.3 is 0 Å². The Kier molecular flexibility index (Phi) is 4.11. The van der Waals surface area contributed by atoms with Gasteiger partial charge in [-0.05, 0) is 25.0 Å². The Balaban J connectivity index is 2.04. The summed E-state index contributed by atoms with van der Waals surface area (Å²) in [5.74, 6) is 1.29. The molecule has 0 amide bonds. The van der Waals surface area contributed by atoms with Crippen LogP contribution < -0.4 is 0 Å². The van der Waals surface area contributed by atoms with Crippen LogP contribution in [0.1, 0.15) is 40.0 Å². The molecule has 1 aliphatic rings. The first-order valence-electron chi connectivity index (χ1n) is 5.07. The van der Waals surface area contributed by atoms with Crippen molar-refractivity contribution in [2.24, 2.45) is 0 Å². The Morgan fingerprint density at radius 2 is 2.15 bits per heavy atom. The molecule has 0 aromatic heterocycles. The average molecular weight is 196 g/mol. The average Bonchev–Trinajstić information content (AvgIpc) is 2.48. The van der Waals surface area contributed by atoms with E-state index in [1.54, 1.807) is 0 Å². The summed E-state index contributed by atoms with van der Waals surface area (Å²) in [5, 5.41) is 0. The Morgan fingerprint density at radius 3 is 2.69 bits per heavy atom. The maximum Gasteiger partial charge on any atom is 0.00750 e. The van der Waals surface area contributed by atoms with Crippen molar-refractivity contribution in [3.8, 4) is 0 Å². The van der Waals surface area contributed by atoms with Crippen molar-refractivity contribution in [1.82, 2.24) is 0 Å². The highest BCUT2D eigenvalue weighted by atomic mass is 32.2. The van der Waals surface area contributed by atoms with E-state index in [1.807, 2.05) is 0 Å². The molecule has 0 aromatic rings. The molecular formula is C12H20S. The molecule has 0 aromatic carbocycles. The van der Waals surface area contributed by atoms with Crippen LogP contribution in [0, 0.1) is 0 Å². The number of hydrogen-bond acceptors (Lipinski definition) is 1. The van der Waals surface area contributed by atoms with Gasteiger partial charge in [0.05, 0.1) is 0 Å². The number of rotatable bonds is 4. The molecule has 0 radical (unpaired) electrons. The van der Waals surface area contributed by atoms with E-state index in [4.69, 9.17) is 0 Å². The molecular weight excluding hydrogens is 176 g/mol. The number of hydrogen-bond donors (Lipinski definition) is 0. The van der Waals surface area contributed by atoms with Gasteiger partial charge in [0.15, 0.2) is 0 Å². The maximum absolute atomic E-state index is 2.34. The summed E-state index contributed by atoms with van der Waals surface area (Å²) in [6.07, 6.45) is 10.6. The predicted molar refractivity (Wildman–Crippen MR) is 63.3 cm³/mol. The van der Waals surface area contributed by atoms with Gasteiger partial charge in [0.1, 0.15) is 0 Å². The van der Waals surface area contributed by atoms with Crippen LogP contribution in [0.2, 0.25) is 0 Å². The van der Waals surface area contributed by atoms with Crippen LogP contribution in [-0.4, -0.2) is 10.5 Å². The molecule has 0 bridgehead atoms. The summed E-state index contributed by atoms with van der Waals surface area (Å²) in [6.45, 7) is 6.85. The molecule has 13 heavy (non-hydrogen) atoms. The summed E-state index contributed by atoms with van der Waals surface area (Å²) in [4.78, 5) is 0. The smallest absolute Gasteiger partial charge is 0.00750 e. The Morgan fingerprint density at radius 1 is 1.38 bits per heavy atom. The van der Waals surface area contributed by atoms with Gasteiger partial charge in [-0.15, -0.1) is 0 Å². The molecule has 0 heterocycles. The lowest BCUT2D eigenvalue weighted by Gasteiger charge is -2.17. The second-order valence-electron chi connectivity index (χ2n) is 4.48. The molecule has 0 nitrogen and oxygen atoms in total. The summed E-state index contributed by atoms with van der Waals surface area (Å²) in [7, 11) is 0. The fourth-order valence-corrected chi connectivity index (χ4v) is 2.25. The fourth-order valence-electron chi connectivity index (χ4n) is 1.35. The molecule has 0 saturated carbocycles. The zero-order valence-electron chi connectivity index (χ0n) is 8.97. The first-order valence-corrected chi connectivity index (χ1v) is 6.06. The van der Waals surface area contributed by atoms with E-state index in [0.717, 1.165) is 6.42 Å². The molecule has 0 N–H and O–H groups in total. The highest BCUT2D eigenvalue weighted by molar-refractivity contribution is 8.00. The molecule has 1 rings (SSSR count). The quantitative estimate of drug-likeness (QED) is 0.608. The lowest BCUT2D eigenvalue weighted by Crippen LogP contribution is -2.08. The minimum atomic E-state index is 0.430. The predicted octanol–water partition coefficient (Wildman–Crippen LogP) is 4.18. The topological polar surface area (TPSA) is 0 Å². The highest BCUT2D eigenvalue weighted by Gasteiger charge is 2.09. The van der Waals surface area contributed by atoms with E-state index in [-0.39, 0.29) is 0 Å². The van der Waals surface area contributed by atoms with Gasteiger partial charge >= 0.3 is 0 Å². The van der Waals surface area contributed by atoms with Crippen molar-refractivity contribution in [3.63, 3.8) is 0 Å². The number of thioether (sulfide) groups is 1. The zero-order chi connectivity index (χ0) is 9.73. The standard InChI is InChI=1S/C12H20S/c1-12(2,3)13-10-6-9-11-7-4-5-8-11/h4,7-8H,5-6,9-10H2,1-3H3. The second-order valence-corrected chi connectivity index (χ2v) is 6.40. The van der Waals surface area contributed by atoms with Crippen LogP contribution in [0.25, 0.3) is 0 Å². The molecule has 1 aliphatic carbocycles. The molecule has 0 atom stereocenters. The normalized spacial score (nSPS) is 16.4. The van der Waals surface area contributed by atoms with Gasteiger partial charge in [0.2, 0.25) is 0 Å². The molecule has 0 unspecified atom stereocenters. The number of allylic oxidation sites excluding steroid dienone is 4. The van der Waals surface area contributed by atoms with Crippen LogP contribution in [0.4, 0.5) is 0 Å². The van der Waals surface area contributed by atoms with Crippen LogP contribution in [0.15, 0.2) is 23.8 Å². The zero-order valence-corrected chi connectivity index (χ0v) is 9.79. The molecule has 0 saturated heterocycles. The third-order valence-corrected chi connectivity index (χ3v) is 3.35. The largest absolute Gasteiger partial charge is 0.156 e. The van der Waals surface area contributed by atoms with Crippen LogP contribution in [0.5, 0.6) is 0 Å². The van der Waals surface area contributed by atoms with E-state index >= 15 is 0 Å². The van der Waals surface area contributed by atoms with Gasteiger partial charge in [-0.2, -0.15) is 11.8 Å². The highest BCUT2D eigenvalue weighted by Crippen LogP contribution is 2.25. The third-order valence-electron chi connectivity index (χ3n) is 1.99. The van der Waals surface area contributed by atoms with Crippen LogP contribution >= 0.6 is 11.8 Å². The molecule has 0 aliphatic heterocycles. The molecule has 0 fully saturated rings.